The fourth-order valence-electron chi connectivity index (χ4n) is 3.38. The lowest BCUT2D eigenvalue weighted by Crippen LogP contribution is -2.35. The number of halogens is 2. The molecular formula is C22H20F2N2O8. The number of alkyl halides is 2. The molecule has 2 heterocycles. The van der Waals surface area contributed by atoms with Gasteiger partial charge >= 0.3 is 23.3 Å². The van der Waals surface area contributed by atoms with Crippen LogP contribution in [-0.2, 0) is 16.0 Å². The number of aromatic amines is 1. The summed E-state index contributed by atoms with van der Waals surface area (Å²) in [4.78, 5) is 63.2. The molecule has 0 bridgehead atoms. The molecule has 34 heavy (non-hydrogen) atoms. The maximum atomic E-state index is 12.7. The first-order chi connectivity index (χ1) is 16.1. The van der Waals surface area contributed by atoms with E-state index in [0.717, 1.165) is 17.6 Å². The third-order valence-corrected chi connectivity index (χ3v) is 4.78. The molecule has 1 aromatic carbocycles. The van der Waals surface area contributed by atoms with Gasteiger partial charge in [-0.15, -0.1) is 0 Å². The van der Waals surface area contributed by atoms with Crippen LogP contribution < -0.4 is 21.6 Å². The third kappa shape index (κ3) is 5.45. The number of hydrogen-bond acceptors (Lipinski definition) is 8. The summed E-state index contributed by atoms with van der Waals surface area (Å²) in [5.74, 6) is -1.71. The van der Waals surface area contributed by atoms with Gasteiger partial charge in [0.1, 0.15) is 16.7 Å². The highest BCUT2D eigenvalue weighted by molar-refractivity contribution is 5.93. The molecule has 10 nitrogen and oxygen atoms in total. The topological polar surface area (TPSA) is 138 Å². The summed E-state index contributed by atoms with van der Waals surface area (Å²) in [6, 6.07) is 6.73. The number of carbonyl (C=O) groups excluding carboxylic acids is 2. The van der Waals surface area contributed by atoms with Crippen molar-refractivity contribution in [2.24, 2.45) is 0 Å². The number of esters is 2. The normalized spacial score (nSPS) is 12.0. The van der Waals surface area contributed by atoms with Gasteiger partial charge in [0, 0.05) is 19.4 Å². The zero-order chi connectivity index (χ0) is 25.0. The molecule has 1 N–H and O–H groups in total. The molecule has 0 saturated heterocycles. The van der Waals surface area contributed by atoms with Gasteiger partial charge < -0.3 is 13.9 Å². The lowest BCUT2D eigenvalue weighted by atomic mass is 10.1. The van der Waals surface area contributed by atoms with E-state index in [2.05, 4.69) is 4.98 Å². The molecule has 0 fully saturated rings. The van der Waals surface area contributed by atoms with Crippen molar-refractivity contribution in [2.45, 2.75) is 45.8 Å². The van der Waals surface area contributed by atoms with E-state index in [4.69, 9.17) is 13.9 Å². The van der Waals surface area contributed by atoms with Crippen molar-refractivity contribution in [3.05, 3.63) is 72.7 Å². The number of benzene rings is 1. The minimum atomic E-state index is -2.56. The Balaban J connectivity index is 2.03. The average molecular weight is 478 g/mol. The maximum absolute atomic E-state index is 12.7. The first kappa shape index (κ1) is 24.6. The van der Waals surface area contributed by atoms with Crippen LogP contribution in [0.4, 0.5) is 8.78 Å². The number of fused-ring (bicyclic) bond motifs is 1. The van der Waals surface area contributed by atoms with Crippen molar-refractivity contribution >= 4 is 23.0 Å². The first-order valence-corrected chi connectivity index (χ1v) is 10.2. The third-order valence-electron chi connectivity index (χ3n) is 4.78. The summed E-state index contributed by atoms with van der Waals surface area (Å²) >= 11 is 0. The summed E-state index contributed by atoms with van der Waals surface area (Å²) in [5.41, 5.74) is -3.30. The van der Waals surface area contributed by atoms with Gasteiger partial charge in [0.15, 0.2) is 6.23 Å². The largest absolute Gasteiger partial charge is 0.438 e. The highest BCUT2D eigenvalue weighted by atomic mass is 19.3. The number of aromatic nitrogens is 2. The Morgan fingerprint density at radius 2 is 1.88 bits per heavy atom. The summed E-state index contributed by atoms with van der Waals surface area (Å²) in [6.45, 7) is 2.44. The predicted molar refractivity (Wildman–Crippen MR) is 114 cm³/mol. The molecule has 0 saturated carbocycles. The minimum Gasteiger partial charge on any atom is -0.438 e. The van der Waals surface area contributed by atoms with Crippen LogP contribution in [0.1, 0.15) is 48.8 Å². The van der Waals surface area contributed by atoms with Crippen molar-refractivity contribution in [2.75, 3.05) is 0 Å². The van der Waals surface area contributed by atoms with Gasteiger partial charge in [0.05, 0.1) is 0 Å². The molecule has 0 aliphatic rings. The van der Waals surface area contributed by atoms with E-state index in [-0.39, 0.29) is 35.1 Å². The van der Waals surface area contributed by atoms with Crippen molar-refractivity contribution in [1.29, 1.82) is 0 Å². The Hall–Kier alpha value is -4.09. The summed E-state index contributed by atoms with van der Waals surface area (Å²) in [6.07, 6.45) is -4.46. The lowest BCUT2D eigenvalue weighted by Gasteiger charge is -2.18. The van der Waals surface area contributed by atoms with Crippen LogP contribution in [-0.4, -0.2) is 27.9 Å². The second-order valence-electron chi connectivity index (χ2n) is 7.28. The van der Waals surface area contributed by atoms with E-state index < -0.39 is 53.6 Å². The Bertz CT molecular complexity index is 1410. The smallest absolute Gasteiger partial charge is 0.343 e. The standard InChI is InChI=1S/C22H20F2N2O8/c1-11(32-21(30)14-7-3-4-8-15(14)33-12(2)27)26-20-18(19(29)25-22(26)31)13(10-17(28)34-20)6-5-9-16(23)24/h3-4,7-8,10-11,16H,5-6,9H2,1-2H3,(H,25,29,31). The van der Waals surface area contributed by atoms with Gasteiger partial charge in [-0.3, -0.25) is 14.6 Å². The lowest BCUT2D eigenvalue weighted by molar-refractivity contribution is -0.131. The molecule has 0 radical (unpaired) electrons. The number of nitrogens with zero attached hydrogens (tertiary/aromatic N) is 1. The second kappa shape index (κ2) is 10.2. The zero-order valence-corrected chi connectivity index (χ0v) is 18.1. The van der Waals surface area contributed by atoms with E-state index in [1.165, 1.54) is 31.2 Å². The van der Waals surface area contributed by atoms with E-state index in [0.29, 0.717) is 0 Å². The van der Waals surface area contributed by atoms with Gasteiger partial charge in [0.25, 0.3) is 5.56 Å². The van der Waals surface area contributed by atoms with Gasteiger partial charge in [-0.1, -0.05) is 12.1 Å². The molecular weight excluding hydrogens is 458 g/mol. The fourth-order valence-corrected chi connectivity index (χ4v) is 3.38. The van der Waals surface area contributed by atoms with Crippen LogP contribution in [0.15, 0.2) is 49.1 Å². The van der Waals surface area contributed by atoms with Gasteiger partial charge in [-0.2, -0.15) is 0 Å². The van der Waals surface area contributed by atoms with Crippen LogP contribution in [0.2, 0.25) is 0 Å². The first-order valence-electron chi connectivity index (χ1n) is 10.2. The Kier molecular flexibility index (Phi) is 7.39. The monoisotopic (exact) mass is 478 g/mol. The highest BCUT2D eigenvalue weighted by Gasteiger charge is 2.23. The number of para-hydroxylation sites is 1. The molecule has 0 aliphatic carbocycles. The molecule has 180 valence electrons. The van der Waals surface area contributed by atoms with Crippen molar-refractivity contribution in [3.63, 3.8) is 0 Å². The van der Waals surface area contributed by atoms with E-state index in [9.17, 15) is 32.8 Å². The van der Waals surface area contributed by atoms with Gasteiger partial charge in [-0.05, 0) is 37.5 Å². The Labute approximate surface area is 189 Å². The number of aryl methyl sites for hydroxylation is 1. The maximum Gasteiger partial charge on any atom is 0.343 e. The molecule has 3 aromatic rings. The number of rotatable bonds is 8. The van der Waals surface area contributed by atoms with Gasteiger partial charge in [0.2, 0.25) is 12.1 Å². The number of H-pyrrole nitrogens is 1. The van der Waals surface area contributed by atoms with Crippen molar-refractivity contribution in [1.82, 2.24) is 9.55 Å². The SMILES string of the molecule is CC(=O)Oc1ccccc1C(=O)OC(C)n1c(=O)[nH]c(=O)c2c(CCCC(F)F)cc(=O)oc21. The average Bonchev–Trinajstić information content (AvgIpc) is 2.72. The molecule has 1 unspecified atom stereocenters. The quantitative estimate of drug-likeness (QED) is 0.385. The molecule has 3 rings (SSSR count). The summed E-state index contributed by atoms with van der Waals surface area (Å²) < 4.78 is 41.2. The van der Waals surface area contributed by atoms with Crippen molar-refractivity contribution < 1.29 is 32.3 Å². The predicted octanol–water partition coefficient (Wildman–Crippen LogP) is 2.53. The number of nitrogens with one attached hydrogen (secondary N) is 1. The molecule has 12 heteroatoms. The van der Waals surface area contributed by atoms with Gasteiger partial charge in [-0.25, -0.2) is 27.7 Å². The summed E-state index contributed by atoms with van der Waals surface area (Å²) in [7, 11) is 0. The summed E-state index contributed by atoms with van der Waals surface area (Å²) in [5, 5.41) is -0.198. The minimum absolute atomic E-state index is 0.0216. The highest BCUT2D eigenvalue weighted by Crippen LogP contribution is 2.23. The molecule has 0 spiro atoms. The zero-order valence-electron chi connectivity index (χ0n) is 18.1. The molecule has 1 atom stereocenters. The van der Waals surface area contributed by atoms with E-state index >= 15 is 0 Å². The Morgan fingerprint density at radius 1 is 1.18 bits per heavy atom. The van der Waals surface area contributed by atoms with Crippen molar-refractivity contribution in [3.8, 4) is 5.75 Å². The van der Waals surface area contributed by atoms with E-state index in [1.54, 1.807) is 0 Å². The van der Waals surface area contributed by atoms with E-state index in [1.807, 2.05) is 0 Å². The van der Waals surface area contributed by atoms with Crippen LogP contribution in [0.25, 0.3) is 11.1 Å². The molecule has 0 amide bonds. The fraction of sp³-hybridized carbons (Fsp3) is 0.318. The second-order valence-corrected chi connectivity index (χ2v) is 7.28. The number of hydrogen-bond donors (Lipinski definition) is 1. The van der Waals surface area contributed by atoms with Crippen LogP contribution in [0, 0.1) is 0 Å². The van der Waals surface area contributed by atoms with Crippen LogP contribution >= 0.6 is 0 Å². The number of ether oxygens (including phenoxy) is 2. The molecule has 0 aliphatic heterocycles. The van der Waals surface area contributed by atoms with Crippen LogP contribution in [0.3, 0.4) is 0 Å². The number of carbonyl (C=O) groups is 2. The molecule has 2 aromatic heterocycles. The Morgan fingerprint density at radius 3 is 2.56 bits per heavy atom. The van der Waals surface area contributed by atoms with Crippen LogP contribution in [0.5, 0.6) is 5.75 Å².